The lowest BCUT2D eigenvalue weighted by Gasteiger charge is -2.10. The molecule has 1 aromatic rings. The highest BCUT2D eigenvalue weighted by atomic mass is 127. The summed E-state index contributed by atoms with van der Waals surface area (Å²) in [6.07, 6.45) is 4.61. The summed E-state index contributed by atoms with van der Waals surface area (Å²) in [5, 5.41) is 0. The molecule has 2 rings (SSSR count). The molecule has 1 nitrogen and oxygen atoms in total. The molecular formula is C13H15IO. The third kappa shape index (κ3) is 2.25. The highest BCUT2D eigenvalue weighted by Gasteiger charge is 2.25. The van der Waals surface area contributed by atoms with Gasteiger partial charge >= 0.3 is 0 Å². The molecule has 1 saturated carbocycles. The first-order valence-electron chi connectivity index (χ1n) is 5.49. The first kappa shape index (κ1) is 11.1. The van der Waals surface area contributed by atoms with Crippen molar-refractivity contribution in [3.63, 3.8) is 0 Å². The minimum Gasteiger partial charge on any atom is -0.294 e. The number of benzene rings is 1. The number of Topliss-reactive ketones (excluding diaryl/α,β-unsaturated/α-hetero) is 1. The maximum Gasteiger partial charge on any atom is 0.167 e. The predicted molar refractivity (Wildman–Crippen MR) is 70.2 cm³/mol. The Labute approximate surface area is 104 Å². The van der Waals surface area contributed by atoms with Gasteiger partial charge in [-0.2, -0.15) is 0 Å². The van der Waals surface area contributed by atoms with Gasteiger partial charge in [0.25, 0.3) is 0 Å². The molecule has 0 saturated heterocycles. The van der Waals surface area contributed by atoms with Crippen LogP contribution in [-0.4, -0.2) is 5.78 Å². The van der Waals surface area contributed by atoms with Crippen molar-refractivity contribution >= 4 is 28.4 Å². The maximum absolute atomic E-state index is 12.2. The van der Waals surface area contributed by atoms with Crippen LogP contribution in [-0.2, 0) is 0 Å². The van der Waals surface area contributed by atoms with Crippen molar-refractivity contribution in [1.29, 1.82) is 0 Å². The van der Waals surface area contributed by atoms with E-state index in [-0.39, 0.29) is 0 Å². The lowest BCUT2D eigenvalue weighted by atomic mass is 9.95. The van der Waals surface area contributed by atoms with E-state index in [1.165, 1.54) is 18.4 Å². The van der Waals surface area contributed by atoms with Crippen LogP contribution < -0.4 is 0 Å². The average Bonchev–Trinajstić information content (AvgIpc) is 2.74. The van der Waals surface area contributed by atoms with Crippen LogP contribution in [0.2, 0.25) is 0 Å². The molecule has 0 bridgehead atoms. The van der Waals surface area contributed by atoms with Gasteiger partial charge in [0.1, 0.15) is 0 Å². The van der Waals surface area contributed by atoms with E-state index in [2.05, 4.69) is 35.6 Å². The summed E-state index contributed by atoms with van der Waals surface area (Å²) in [5.41, 5.74) is 2.14. The van der Waals surface area contributed by atoms with Crippen molar-refractivity contribution in [2.24, 2.45) is 5.92 Å². The zero-order valence-corrected chi connectivity index (χ0v) is 11.1. The van der Waals surface area contributed by atoms with Gasteiger partial charge < -0.3 is 0 Å². The molecule has 0 unspecified atom stereocenters. The van der Waals surface area contributed by atoms with Crippen LogP contribution in [0.3, 0.4) is 0 Å². The van der Waals surface area contributed by atoms with Gasteiger partial charge in [0.05, 0.1) is 0 Å². The fraction of sp³-hybridized carbons (Fsp3) is 0.462. The van der Waals surface area contributed by atoms with Gasteiger partial charge in [-0.25, -0.2) is 0 Å². The van der Waals surface area contributed by atoms with E-state index in [1.807, 2.05) is 12.1 Å². The molecule has 1 aliphatic carbocycles. The van der Waals surface area contributed by atoms with Gasteiger partial charge in [-0.05, 0) is 47.9 Å². The Balaban J connectivity index is 2.28. The Hall–Kier alpha value is -0.380. The summed E-state index contributed by atoms with van der Waals surface area (Å²) in [6, 6.07) is 6.02. The van der Waals surface area contributed by atoms with E-state index >= 15 is 0 Å². The van der Waals surface area contributed by atoms with Crippen LogP contribution in [0, 0.1) is 16.4 Å². The number of ketones is 1. The summed E-state index contributed by atoms with van der Waals surface area (Å²) in [4.78, 5) is 12.2. The molecule has 0 atom stereocenters. The molecular weight excluding hydrogens is 299 g/mol. The molecule has 15 heavy (non-hydrogen) atoms. The normalized spacial score (nSPS) is 16.9. The highest BCUT2D eigenvalue weighted by Crippen LogP contribution is 2.30. The van der Waals surface area contributed by atoms with E-state index in [0.29, 0.717) is 11.7 Å². The van der Waals surface area contributed by atoms with Crippen molar-refractivity contribution in [3.8, 4) is 0 Å². The quantitative estimate of drug-likeness (QED) is 0.596. The summed E-state index contributed by atoms with van der Waals surface area (Å²) in [6.45, 7) is 2.06. The Kier molecular flexibility index (Phi) is 3.44. The predicted octanol–water partition coefficient (Wildman–Crippen LogP) is 3.97. The number of carbonyl (C=O) groups is 1. The SMILES string of the molecule is Cc1cccc(C(=O)C2CCCC2)c1I. The number of hydrogen-bond donors (Lipinski definition) is 0. The number of halogens is 1. The molecule has 0 heterocycles. The van der Waals surface area contributed by atoms with Crippen LogP contribution in [0.15, 0.2) is 18.2 Å². The first-order valence-corrected chi connectivity index (χ1v) is 6.57. The number of carbonyl (C=O) groups excluding carboxylic acids is 1. The number of rotatable bonds is 2. The van der Waals surface area contributed by atoms with Crippen molar-refractivity contribution in [2.45, 2.75) is 32.6 Å². The van der Waals surface area contributed by atoms with Gasteiger partial charge in [0.2, 0.25) is 0 Å². The fourth-order valence-corrected chi connectivity index (χ4v) is 2.87. The van der Waals surface area contributed by atoms with Gasteiger partial charge in [-0.15, -0.1) is 0 Å². The second-order valence-electron chi connectivity index (χ2n) is 4.28. The molecule has 0 amide bonds. The molecule has 2 heteroatoms. The largest absolute Gasteiger partial charge is 0.294 e. The van der Waals surface area contributed by atoms with Gasteiger partial charge in [0, 0.05) is 15.1 Å². The molecule has 0 aromatic heterocycles. The maximum atomic E-state index is 12.2. The summed E-state index contributed by atoms with van der Waals surface area (Å²) in [7, 11) is 0. The van der Waals surface area contributed by atoms with E-state index in [4.69, 9.17) is 0 Å². The van der Waals surface area contributed by atoms with Crippen molar-refractivity contribution in [1.82, 2.24) is 0 Å². The van der Waals surface area contributed by atoms with E-state index < -0.39 is 0 Å². The van der Waals surface area contributed by atoms with Gasteiger partial charge in [-0.1, -0.05) is 31.0 Å². The van der Waals surface area contributed by atoms with Crippen molar-refractivity contribution in [2.75, 3.05) is 0 Å². The second kappa shape index (κ2) is 4.64. The molecule has 0 N–H and O–H groups in total. The van der Waals surface area contributed by atoms with Crippen LogP contribution in [0.25, 0.3) is 0 Å². The van der Waals surface area contributed by atoms with Crippen molar-refractivity contribution < 1.29 is 4.79 Å². The van der Waals surface area contributed by atoms with E-state index in [0.717, 1.165) is 22.0 Å². The Morgan fingerprint density at radius 3 is 2.67 bits per heavy atom. The van der Waals surface area contributed by atoms with Crippen molar-refractivity contribution in [3.05, 3.63) is 32.9 Å². The summed E-state index contributed by atoms with van der Waals surface area (Å²) >= 11 is 2.29. The minimum atomic E-state index is 0.292. The lowest BCUT2D eigenvalue weighted by Crippen LogP contribution is -2.12. The van der Waals surface area contributed by atoms with E-state index in [9.17, 15) is 4.79 Å². The highest BCUT2D eigenvalue weighted by molar-refractivity contribution is 14.1. The second-order valence-corrected chi connectivity index (χ2v) is 5.36. The zero-order valence-electron chi connectivity index (χ0n) is 8.92. The first-order chi connectivity index (χ1) is 7.20. The Morgan fingerprint density at radius 2 is 2.00 bits per heavy atom. The smallest absolute Gasteiger partial charge is 0.167 e. The third-order valence-corrected chi connectivity index (χ3v) is 4.62. The fourth-order valence-electron chi connectivity index (χ4n) is 2.25. The number of aryl methyl sites for hydroxylation is 1. The molecule has 80 valence electrons. The Morgan fingerprint density at radius 1 is 1.33 bits per heavy atom. The van der Waals surface area contributed by atoms with Crippen LogP contribution in [0.4, 0.5) is 0 Å². The molecule has 1 aliphatic rings. The third-order valence-electron chi connectivity index (χ3n) is 3.18. The lowest BCUT2D eigenvalue weighted by molar-refractivity contribution is 0.0922. The van der Waals surface area contributed by atoms with Gasteiger partial charge in [0.15, 0.2) is 5.78 Å². The van der Waals surface area contributed by atoms with Gasteiger partial charge in [-0.3, -0.25) is 4.79 Å². The molecule has 0 spiro atoms. The van der Waals surface area contributed by atoms with Crippen LogP contribution in [0.1, 0.15) is 41.6 Å². The van der Waals surface area contributed by atoms with Crippen LogP contribution in [0.5, 0.6) is 0 Å². The standard InChI is InChI=1S/C13H15IO/c1-9-5-4-8-11(12(9)14)13(15)10-6-2-3-7-10/h4-5,8,10H,2-3,6-7H2,1H3. The molecule has 1 aromatic carbocycles. The minimum absolute atomic E-state index is 0.292. The molecule has 0 radical (unpaired) electrons. The van der Waals surface area contributed by atoms with Crippen LogP contribution >= 0.6 is 22.6 Å². The monoisotopic (exact) mass is 314 g/mol. The molecule has 0 aliphatic heterocycles. The zero-order chi connectivity index (χ0) is 10.8. The number of hydrogen-bond acceptors (Lipinski definition) is 1. The summed E-state index contributed by atoms with van der Waals surface area (Å²) < 4.78 is 1.13. The summed E-state index contributed by atoms with van der Waals surface area (Å²) in [5.74, 6) is 0.654. The Bertz CT molecular complexity index is 378. The average molecular weight is 314 g/mol. The molecule has 1 fully saturated rings. The topological polar surface area (TPSA) is 17.1 Å². The van der Waals surface area contributed by atoms with E-state index in [1.54, 1.807) is 0 Å².